The highest BCUT2D eigenvalue weighted by Crippen LogP contribution is 2.18. The first-order chi connectivity index (χ1) is 8.79. The lowest BCUT2D eigenvalue weighted by Gasteiger charge is -2.02. The summed E-state index contributed by atoms with van der Waals surface area (Å²) in [6, 6.07) is 7.85. The SMILES string of the molecule is CSc1ccc(-n2ncc3c(=O)[nH]nnc32)cc1. The van der Waals surface area contributed by atoms with Gasteiger partial charge in [0, 0.05) is 4.90 Å². The molecule has 2 aromatic heterocycles. The molecule has 1 aromatic carbocycles. The molecule has 0 unspecified atom stereocenters. The summed E-state index contributed by atoms with van der Waals surface area (Å²) in [6.07, 6.45) is 3.51. The Labute approximate surface area is 106 Å². The third kappa shape index (κ3) is 1.68. The lowest BCUT2D eigenvalue weighted by Crippen LogP contribution is -2.10. The number of hydrogen-bond acceptors (Lipinski definition) is 5. The van der Waals surface area contributed by atoms with Gasteiger partial charge in [-0.25, -0.2) is 9.78 Å². The van der Waals surface area contributed by atoms with E-state index in [9.17, 15) is 4.79 Å². The van der Waals surface area contributed by atoms with Crippen LogP contribution in [0.5, 0.6) is 0 Å². The zero-order valence-corrected chi connectivity index (χ0v) is 10.3. The number of rotatable bonds is 2. The van der Waals surface area contributed by atoms with Crippen LogP contribution in [0, 0.1) is 0 Å². The fourth-order valence-electron chi connectivity index (χ4n) is 1.69. The molecule has 0 spiro atoms. The van der Waals surface area contributed by atoms with Gasteiger partial charge >= 0.3 is 0 Å². The molecule has 0 radical (unpaired) electrons. The number of thioether (sulfide) groups is 1. The Balaban J connectivity index is 2.19. The highest BCUT2D eigenvalue weighted by Gasteiger charge is 2.09. The fourth-order valence-corrected chi connectivity index (χ4v) is 2.10. The number of H-pyrrole nitrogens is 1. The van der Waals surface area contributed by atoms with Crippen LogP contribution in [0.15, 0.2) is 40.2 Å². The second-order valence-corrected chi connectivity index (χ2v) is 4.51. The van der Waals surface area contributed by atoms with Crippen LogP contribution in [0.4, 0.5) is 0 Å². The maximum absolute atomic E-state index is 11.5. The quantitative estimate of drug-likeness (QED) is 0.700. The van der Waals surface area contributed by atoms with Gasteiger partial charge in [0.05, 0.1) is 11.9 Å². The molecule has 0 amide bonds. The average molecular weight is 259 g/mol. The second kappa shape index (κ2) is 4.26. The van der Waals surface area contributed by atoms with Gasteiger partial charge in [-0.3, -0.25) is 4.79 Å². The molecule has 0 aliphatic rings. The Morgan fingerprint density at radius 3 is 2.78 bits per heavy atom. The van der Waals surface area contributed by atoms with Gasteiger partial charge in [0.2, 0.25) is 0 Å². The van der Waals surface area contributed by atoms with Gasteiger partial charge in [-0.05, 0) is 30.5 Å². The van der Waals surface area contributed by atoms with Crippen molar-refractivity contribution in [1.82, 2.24) is 25.2 Å². The second-order valence-electron chi connectivity index (χ2n) is 3.63. The lowest BCUT2D eigenvalue weighted by molar-refractivity contribution is 0.829. The average Bonchev–Trinajstić information content (AvgIpc) is 2.84. The van der Waals surface area contributed by atoms with E-state index in [1.54, 1.807) is 16.4 Å². The molecule has 2 heterocycles. The number of hydrogen-bond donors (Lipinski definition) is 1. The van der Waals surface area contributed by atoms with E-state index in [1.807, 2.05) is 30.5 Å². The van der Waals surface area contributed by atoms with Crippen LogP contribution in [0.2, 0.25) is 0 Å². The Bertz CT molecular complexity index is 746. The van der Waals surface area contributed by atoms with Crippen molar-refractivity contribution in [2.45, 2.75) is 4.90 Å². The first-order valence-corrected chi connectivity index (χ1v) is 6.45. The van der Waals surface area contributed by atoms with Gasteiger partial charge in [0.25, 0.3) is 5.56 Å². The van der Waals surface area contributed by atoms with E-state index >= 15 is 0 Å². The summed E-state index contributed by atoms with van der Waals surface area (Å²) in [5, 5.41) is 14.3. The van der Waals surface area contributed by atoms with Crippen LogP contribution in [0.25, 0.3) is 16.7 Å². The molecule has 0 aliphatic heterocycles. The van der Waals surface area contributed by atoms with Gasteiger partial charge in [0.15, 0.2) is 5.65 Å². The predicted molar refractivity (Wildman–Crippen MR) is 69.1 cm³/mol. The van der Waals surface area contributed by atoms with Gasteiger partial charge in [0.1, 0.15) is 5.39 Å². The maximum Gasteiger partial charge on any atom is 0.278 e. The molecule has 7 heteroatoms. The van der Waals surface area contributed by atoms with Crippen LogP contribution in [0.3, 0.4) is 0 Å². The Hall–Kier alpha value is -2.15. The zero-order valence-electron chi connectivity index (χ0n) is 9.49. The van der Waals surface area contributed by atoms with Crippen molar-refractivity contribution in [2.75, 3.05) is 6.26 Å². The van der Waals surface area contributed by atoms with Gasteiger partial charge in [-0.2, -0.15) is 5.10 Å². The minimum atomic E-state index is -0.285. The maximum atomic E-state index is 11.5. The lowest BCUT2D eigenvalue weighted by atomic mass is 10.3. The third-order valence-electron chi connectivity index (χ3n) is 2.60. The summed E-state index contributed by atoms with van der Waals surface area (Å²) in [7, 11) is 0. The van der Waals surface area contributed by atoms with Crippen molar-refractivity contribution in [2.24, 2.45) is 0 Å². The van der Waals surface area contributed by atoms with Gasteiger partial charge in [-0.15, -0.1) is 16.9 Å². The molecular formula is C11H9N5OS. The van der Waals surface area contributed by atoms with E-state index in [4.69, 9.17) is 0 Å². The molecule has 0 fully saturated rings. The summed E-state index contributed by atoms with van der Waals surface area (Å²) in [6.45, 7) is 0. The van der Waals surface area contributed by atoms with Crippen LogP contribution in [0.1, 0.15) is 0 Å². The van der Waals surface area contributed by atoms with Crippen molar-refractivity contribution >= 4 is 22.8 Å². The van der Waals surface area contributed by atoms with E-state index in [1.165, 1.54) is 11.1 Å². The van der Waals surface area contributed by atoms with Crippen molar-refractivity contribution < 1.29 is 0 Å². The number of fused-ring (bicyclic) bond motifs is 1. The van der Waals surface area contributed by atoms with Gasteiger partial charge < -0.3 is 0 Å². The number of aromatic amines is 1. The normalized spacial score (nSPS) is 10.9. The molecule has 0 saturated heterocycles. The summed E-state index contributed by atoms with van der Waals surface area (Å²) < 4.78 is 1.60. The highest BCUT2D eigenvalue weighted by atomic mass is 32.2. The van der Waals surface area contributed by atoms with E-state index in [-0.39, 0.29) is 5.56 Å². The van der Waals surface area contributed by atoms with E-state index in [0.29, 0.717) is 11.0 Å². The molecule has 3 rings (SSSR count). The van der Waals surface area contributed by atoms with E-state index in [0.717, 1.165) is 5.69 Å². The first-order valence-electron chi connectivity index (χ1n) is 5.23. The Morgan fingerprint density at radius 2 is 2.06 bits per heavy atom. The van der Waals surface area contributed by atoms with Gasteiger partial charge in [-0.1, -0.05) is 5.21 Å². The first kappa shape index (κ1) is 11.0. The molecular weight excluding hydrogens is 250 g/mol. The summed E-state index contributed by atoms with van der Waals surface area (Å²) in [5.74, 6) is 0. The predicted octanol–water partition coefficient (Wildman–Crippen LogP) is 1.23. The molecule has 0 aliphatic carbocycles. The molecule has 6 nitrogen and oxygen atoms in total. The third-order valence-corrected chi connectivity index (χ3v) is 3.35. The largest absolute Gasteiger partial charge is 0.278 e. The molecule has 0 bridgehead atoms. The molecule has 3 aromatic rings. The Morgan fingerprint density at radius 1 is 1.28 bits per heavy atom. The topological polar surface area (TPSA) is 76.5 Å². The number of aromatic nitrogens is 5. The molecule has 0 atom stereocenters. The smallest absolute Gasteiger partial charge is 0.267 e. The number of nitrogens with one attached hydrogen (secondary N) is 1. The molecule has 1 N–H and O–H groups in total. The van der Waals surface area contributed by atoms with Crippen molar-refractivity contribution in [3.8, 4) is 5.69 Å². The molecule has 18 heavy (non-hydrogen) atoms. The van der Waals surface area contributed by atoms with Crippen LogP contribution in [-0.2, 0) is 0 Å². The van der Waals surface area contributed by atoms with E-state index in [2.05, 4.69) is 20.5 Å². The fraction of sp³-hybridized carbons (Fsp3) is 0.0909. The van der Waals surface area contributed by atoms with Crippen molar-refractivity contribution in [3.05, 3.63) is 40.8 Å². The molecule has 90 valence electrons. The number of nitrogens with zero attached hydrogens (tertiary/aromatic N) is 4. The summed E-state index contributed by atoms with van der Waals surface area (Å²) in [5.41, 5.74) is 1.02. The highest BCUT2D eigenvalue weighted by molar-refractivity contribution is 7.98. The Kier molecular flexibility index (Phi) is 2.60. The summed E-state index contributed by atoms with van der Waals surface area (Å²) >= 11 is 1.67. The van der Waals surface area contributed by atoms with Crippen LogP contribution < -0.4 is 5.56 Å². The summed E-state index contributed by atoms with van der Waals surface area (Å²) in [4.78, 5) is 12.7. The van der Waals surface area contributed by atoms with E-state index < -0.39 is 0 Å². The van der Waals surface area contributed by atoms with Crippen molar-refractivity contribution in [3.63, 3.8) is 0 Å². The monoisotopic (exact) mass is 259 g/mol. The minimum absolute atomic E-state index is 0.285. The molecule has 0 saturated carbocycles. The standard InChI is InChI=1S/C11H9N5OS/c1-18-8-4-2-7(3-5-8)16-10-9(6-12-16)11(17)14-15-13-10/h2-6H,1H3,(H,13,14,17). The van der Waals surface area contributed by atoms with Crippen LogP contribution in [-0.4, -0.2) is 31.4 Å². The van der Waals surface area contributed by atoms with Crippen LogP contribution >= 0.6 is 11.8 Å². The zero-order chi connectivity index (χ0) is 12.5. The minimum Gasteiger partial charge on any atom is -0.267 e. The van der Waals surface area contributed by atoms with Crippen molar-refractivity contribution in [1.29, 1.82) is 0 Å². The number of benzene rings is 1.